The van der Waals surface area contributed by atoms with Crippen LogP contribution < -0.4 is 9.47 Å². The van der Waals surface area contributed by atoms with Crippen LogP contribution in [0.25, 0.3) is 11.4 Å². The molecule has 3 aromatic rings. The van der Waals surface area contributed by atoms with Crippen molar-refractivity contribution in [2.45, 2.75) is 59.5 Å². The Labute approximate surface area is 201 Å². The Hall–Kier alpha value is -3.56. The van der Waals surface area contributed by atoms with Crippen molar-refractivity contribution >= 4 is 5.97 Å². The van der Waals surface area contributed by atoms with Gasteiger partial charge in [0.05, 0.1) is 12.2 Å². The van der Waals surface area contributed by atoms with Gasteiger partial charge in [0.25, 0.3) is 0 Å². The van der Waals surface area contributed by atoms with Crippen molar-refractivity contribution in [2.75, 3.05) is 6.61 Å². The molecule has 0 unspecified atom stereocenters. The number of benzene rings is 2. The fourth-order valence-electron chi connectivity index (χ4n) is 3.26. The summed E-state index contributed by atoms with van der Waals surface area (Å²) in [7, 11) is 0. The summed E-state index contributed by atoms with van der Waals surface area (Å²) in [5, 5.41) is 4.39. The molecule has 2 aromatic carbocycles. The SMILES string of the molecule is CCOC(=O)C(C)(C)Oc1ccc(OCc2nc(-c3ccc(C(F)(F)F)cc3)nn2CC)cc1C. The minimum absolute atomic E-state index is 0.107. The molecule has 1 aromatic heterocycles. The van der Waals surface area contributed by atoms with Gasteiger partial charge >= 0.3 is 12.1 Å². The van der Waals surface area contributed by atoms with E-state index in [0.29, 0.717) is 35.3 Å². The lowest BCUT2D eigenvalue weighted by molar-refractivity contribution is -0.158. The summed E-state index contributed by atoms with van der Waals surface area (Å²) >= 11 is 0. The molecule has 35 heavy (non-hydrogen) atoms. The molecule has 188 valence electrons. The van der Waals surface area contributed by atoms with Gasteiger partial charge in [-0.1, -0.05) is 12.1 Å². The number of aryl methyl sites for hydroxylation is 2. The fourth-order valence-corrected chi connectivity index (χ4v) is 3.26. The van der Waals surface area contributed by atoms with Crippen molar-refractivity contribution < 1.29 is 32.2 Å². The first-order valence-electron chi connectivity index (χ1n) is 11.2. The van der Waals surface area contributed by atoms with Gasteiger partial charge in [-0.3, -0.25) is 0 Å². The van der Waals surface area contributed by atoms with Crippen molar-refractivity contribution in [3.63, 3.8) is 0 Å². The number of hydrogen-bond donors (Lipinski definition) is 0. The second-order valence-electron chi connectivity index (χ2n) is 8.29. The smallest absolute Gasteiger partial charge is 0.416 e. The summed E-state index contributed by atoms with van der Waals surface area (Å²) in [6, 6.07) is 9.92. The highest BCUT2D eigenvalue weighted by Gasteiger charge is 2.32. The Morgan fingerprint density at radius 3 is 2.31 bits per heavy atom. The maximum atomic E-state index is 12.8. The molecule has 0 spiro atoms. The number of hydrogen-bond acceptors (Lipinski definition) is 6. The zero-order valence-electron chi connectivity index (χ0n) is 20.3. The third-order valence-corrected chi connectivity index (χ3v) is 5.16. The summed E-state index contributed by atoms with van der Waals surface area (Å²) in [5.74, 6) is 1.48. The Balaban J connectivity index is 1.71. The number of rotatable bonds is 9. The van der Waals surface area contributed by atoms with Crippen LogP contribution in [0.1, 0.15) is 44.6 Å². The fraction of sp³-hybridized carbons (Fsp3) is 0.400. The molecule has 0 saturated carbocycles. The monoisotopic (exact) mass is 491 g/mol. The molecule has 0 saturated heterocycles. The normalized spacial score (nSPS) is 11.9. The second kappa shape index (κ2) is 10.4. The van der Waals surface area contributed by atoms with Gasteiger partial charge in [-0.05, 0) is 70.5 Å². The lowest BCUT2D eigenvalue weighted by Crippen LogP contribution is -2.39. The standard InChI is InChI=1S/C25H28F3N3O4/c1-6-31-21(29-22(30-31)17-8-10-18(11-9-17)25(26,27)28)15-34-19-12-13-20(16(3)14-19)35-24(4,5)23(32)33-7-2/h8-14H,6-7,15H2,1-5H3. The Morgan fingerprint density at radius 2 is 1.74 bits per heavy atom. The maximum Gasteiger partial charge on any atom is 0.416 e. The van der Waals surface area contributed by atoms with Crippen LogP contribution in [-0.4, -0.2) is 32.9 Å². The third-order valence-electron chi connectivity index (χ3n) is 5.16. The van der Waals surface area contributed by atoms with E-state index >= 15 is 0 Å². The van der Waals surface area contributed by atoms with Gasteiger partial charge in [-0.15, -0.1) is 0 Å². The highest BCUT2D eigenvalue weighted by atomic mass is 19.4. The van der Waals surface area contributed by atoms with Crippen molar-refractivity contribution in [3.05, 3.63) is 59.4 Å². The van der Waals surface area contributed by atoms with Gasteiger partial charge in [0.2, 0.25) is 0 Å². The number of ether oxygens (including phenoxy) is 3. The molecule has 7 nitrogen and oxygen atoms in total. The van der Waals surface area contributed by atoms with Crippen LogP contribution in [0.2, 0.25) is 0 Å². The number of aromatic nitrogens is 3. The van der Waals surface area contributed by atoms with Gasteiger partial charge in [-0.25, -0.2) is 14.5 Å². The van der Waals surface area contributed by atoms with Crippen molar-refractivity contribution in [3.8, 4) is 22.9 Å². The van der Waals surface area contributed by atoms with Gasteiger partial charge in [-0.2, -0.15) is 18.3 Å². The van der Waals surface area contributed by atoms with Crippen LogP contribution >= 0.6 is 0 Å². The zero-order valence-corrected chi connectivity index (χ0v) is 20.3. The van der Waals surface area contributed by atoms with E-state index in [1.165, 1.54) is 12.1 Å². The molecular weight excluding hydrogens is 463 g/mol. The van der Waals surface area contributed by atoms with Crippen LogP contribution in [-0.2, 0) is 28.9 Å². The minimum atomic E-state index is -4.40. The minimum Gasteiger partial charge on any atom is -0.486 e. The molecule has 3 rings (SSSR count). The molecule has 0 N–H and O–H groups in total. The maximum absolute atomic E-state index is 12.8. The van der Waals surface area contributed by atoms with E-state index in [9.17, 15) is 18.0 Å². The zero-order chi connectivity index (χ0) is 25.8. The van der Waals surface area contributed by atoms with Crippen molar-refractivity contribution in [2.24, 2.45) is 0 Å². The molecule has 0 bridgehead atoms. The van der Waals surface area contributed by atoms with Crippen LogP contribution in [0.15, 0.2) is 42.5 Å². The number of carbonyl (C=O) groups excluding carboxylic acids is 1. The Bertz CT molecular complexity index is 1170. The van der Waals surface area contributed by atoms with E-state index in [1.807, 2.05) is 13.8 Å². The Morgan fingerprint density at radius 1 is 1.06 bits per heavy atom. The summed E-state index contributed by atoms with van der Waals surface area (Å²) in [4.78, 5) is 16.5. The van der Waals surface area contributed by atoms with Crippen LogP contribution in [0, 0.1) is 6.92 Å². The molecule has 10 heteroatoms. The number of halogens is 3. The Kier molecular flexibility index (Phi) is 7.72. The molecule has 1 heterocycles. The average Bonchev–Trinajstić information content (AvgIpc) is 3.22. The quantitative estimate of drug-likeness (QED) is 0.363. The summed E-state index contributed by atoms with van der Waals surface area (Å²) in [6.07, 6.45) is -4.40. The molecule has 0 fully saturated rings. The van der Waals surface area contributed by atoms with Crippen molar-refractivity contribution in [1.29, 1.82) is 0 Å². The van der Waals surface area contributed by atoms with Gasteiger partial charge in [0.15, 0.2) is 17.2 Å². The predicted molar refractivity (Wildman–Crippen MR) is 123 cm³/mol. The molecule has 0 aliphatic carbocycles. The molecule has 0 radical (unpaired) electrons. The lowest BCUT2D eigenvalue weighted by atomic mass is 10.1. The van der Waals surface area contributed by atoms with Crippen LogP contribution in [0.3, 0.4) is 0 Å². The van der Waals surface area contributed by atoms with Gasteiger partial charge in [0, 0.05) is 12.1 Å². The predicted octanol–water partition coefficient (Wildman–Crippen LogP) is 5.59. The highest BCUT2D eigenvalue weighted by Crippen LogP contribution is 2.31. The molecule has 0 amide bonds. The largest absolute Gasteiger partial charge is 0.486 e. The van der Waals surface area contributed by atoms with Gasteiger partial charge in [0.1, 0.15) is 18.1 Å². The van der Waals surface area contributed by atoms with E-state index in [4.69, 9.17) is 14.2 Å². The topological polar surface area (TPSA) is 75.5 Å². The average molecular weight is 492 g/mol. The van der Waals surface area contributed by atoms with Crippen LogP contribution in [0.4, 0.5) is 13.2 Å². The van der Waals surface area contributed by atoms with E-state index in [0.717, 1.165) is 17.7 Å². The number of nitrogens with zero attached hydrogens (tertiary/aromatic N) is 3. The van der Waals surface area contributed by atoms with E-state index < -0.39 is 23.3 Å². The lowest BCUT2D eigenvalue weighted by Gasteiger charge is -2.25. The number of esters is 1. The first-order chi connectivity index (χ1) is 16.4. The highest BCUT2D eigenvalue weighted by molar-refractivity contribution is 5.79. The second-order valence-corrected chi connectivity index (χ2v) is 8.29. The third kappa shape index (κ3) is 6.32. The summed E-state index contributed by atoms with van der Waals surface area (Å²) in [6.45, 7) is 9.62. The molecular formula is C25H28F3N3O4. The van der Waals surface area contributed by atoms with E-state index in [-0.39, 0.29) is 13.2 Å². The first-order valence-corrected chi connectivity index (χ1v) is 11.2. The van der Waals surface area contributed by atoms with E-state index in [2.05, 4.69) is 10.1 Å². The molecule has 0 atom stereocenters. The van der Waals surface area contributed by atoms with Crippen molar-refractivity contribution in [1.82, 2.24) is 14.8 Å². The molecule has 0 aliphatic rings. The summed E-state index contributed by atoms with van der Waals surface area (Å²) in [5.41, 5.74) is -0.626. The summed E-state index contributed by atoms with van der Waals surface area (Å²) < 4.78 is 56.9. The number of alkyl halides is 3. The van der Waals surface area contributed by atoms with E-state index in [1.54, 1.807) is 43.7 Å². The first kappa shape index (κ1) is 26.1. The number of carbonyl (C=O) groups is 1. The van der Waals surface area contributed by atoms with Crippen LogP contribution in [0.5, 0.6) is 11.5 Å². The van der Waals surface area contributed by atoms with Gasteiger partial charge < -0.3 is 14.2 Å². The molecule has 0 aliphatic heterocycles.